The number of aryl methyl sites for hydroxylation is 1. The van der Waals surface area contributed by atoms with Gasteiger partial charge in [-0.25, -0.2) is 9.37 Å². The number of aliphatic hydroxyl groups excluding tert-OH is 1. The van der Waals surface area contributed by atoms with Crippen LogP contribution >= 0.6 is 23.2 Å². The molecule has 4 heterocycles. The standard InChI is InChI=1S/C36H36Cl2FN5O4/c1-36(35(47)40-22-5-2-4-21(37)15-22)31(23-6-3-7-24(38)32(23)39)30-28(44(36)16-19-8-9-19)12-13-43-27-11-10-20(14-25(27)41-33(30)43)34(46)42-26-17-48-18-29(26)45/h2-7,10-11,14-15,19,26,28-31,45H,8-9,12-13,16-18H2,1H3,(H,40,47)(H,42,46)/t26?,28-,29?,30+,31-,36+/m0/s1. The molecule has 3 aliphatic heterocycles. The summed E-state index contributed by atoms with van der Waals surface area (Å²) < 4.78 is 23.7. The van der Waals surface area contributed by atoms with E-state index in [0.29, 0.717) is 46.4 Å². The van der Waals surface area contributed by atoms with Gasteiger partial charge in [0, 0.05) is 47.2 Å². The van der Waals surface area contributed by atoms with E-state index >= 15 is 4.39 Å². The molecule has 1 aliphatic carbocycles. The number of anilines is 1. The van der Waals surface area contributed by atoms with E-state index < -0.39 is 29.4 Å². The first kappa shape index (κ1) is 31.7. The lowest BCUT2D eigenvalue weighted by molar-refractivity contribution is -0.127. The molecule has 48 heavy (non-hydrogen) atoms. The maximum Gasteiger partial charge on any atom is 0.251 e. The van der Waals surface area contributed by atoms with Gasteiger partial charge < -0.3 is 25.0 Å². The minimum atomic E-state index is -1.17. The Kier molecular flexibility index (Phi) is 8.00. The number of amides is 2. The van der Waals surface area contributed by atoms with E-state index in [2.05, 4.69) is 20.1 Å². The smallest absolute Gasteiger partial charge is 0.251 e. The van der Waals surface area contributed by atoms with Crippen LogP contribution < -0.4 is 10.6 Å². The number of carbonyl (C=O) groups excluding carboxylic acids is 2. The molecule has 3 fully saturated rings. The molecule has 2 amide bonds. The summed E-state index contributed by atoms with van der Waals surface area (Å²) in [5, 5.41) is 16.6. The molecule has 0 spiro atoms. The van der Waals surface area contributed by atoms with Gasteiger partial charge in [0.1, 0.15) is 17.2 Å². The van der Waals surface area contributed by atoms with E-state index in [9.17, 15) is 14.7 Å². The van der Waals surface area contributed by atoms with Gasteiger partial charge >= 0.3 is 0 Å². The zero-order valence-corrected chi connectivity index (χ0v) is 27.8. The number of likely N-dealkylation sites (tertiary alicyclic amines) is 1. The Hall–Kier alpha value is -3.54. The van der Waals surface area contributed by atoms with E-state index in [1.54, 1.807) is 48.5 Å². The molecule has 4 aliphatic rings. The quantitative estimate of drug-likeness (QED) is 0.228. The van der Waals surface area contributed by atoms with Gasteiger partial charge in [-0.2, -0.15) is 0 Å². The predicted molar refractivity (Wildman–Crippen MR) is 181 cm³/mol. The number of carbonyl (C=O) groups is 2. The summed E-state index contributed by atoms with van der Waals surface area (Å²) in [5.41, 5.74) is 1.68. The van der Waals surface area contributed by atoms with Gasteiger partial charge in [-0.15, -0.1) is 0 Å². The average molecular weight is 693 g/mol. The van der Waals surface area contributed by atoms with Crippen LogP contribution in [-0.4, -0.2) is 74.9 Å². The maximum atomic E-state index is 16.2. The van der Waals surface area contributed by atoms with Crippen LogP contribution in [0.5, 0.6) is 0 Å². The Morgan fingerprint density at radius 2 is 1.90 bits per heavy atom. The van der Waals surface area contributed by atoms with Crippen LogP contribution in [0, 0.1) is 11.7 Å². The van der Waals surface area contributed by atoms with Crippen molar-refractivity contribution >= 4 is 51.7 Å². The summed E-state index contributed by atoms with van der Waals surface area (Å²) in [6, 6.07) is 16.8. The number of aliphatic hydroxyl groups is 1. The van der Waals surface area contributed by atoms with Gasteiger partial charge in [-0.05, 0) is 80.1 Å². The van der Waals surface area contributed by atoms with E-state index in [1.165, 1.54) is 6.07 Å². The highest BCUT2D eigenvalue weighted by atomic mass is 35.5. The molecule has 250 valence electrons. The van der Waals surface area contributed by atoms with Crippen LogP contribution in [0.2, 0.25) is 10.0 Å². The highest BCUT2D eigenvalue weighted by Gasteiger charge is 2.63. The van der Waals surface area contributed by atoms with Crippen molar-refractivity contribution in [2.75, 3.05) is 25.1 Å². The molecule has 3 aromatic carbocycles. The lowest BCUT2D eigenvalue weighted by Gasteiger charge is -2.40. The van der Waals surface area contributed by atoms with Crippen LogP contribution in [0.25, 0.3) is 11.0 Å². The molecule has 1 aromatic heterocycles. The fraction of sp³-hybridized carbons (Fsp3) is 0.417. The Labute approximate surface area is 287 Å². The van der Waals surface area contributed by atoms with Crippen LogP contribution in [0.1, 0.15) is 59.8 Å². The Balaban J connectivity index is 1.24. The predicted octanol–water partition coefficient (Wildman–Crippen LogP) is 5.73. The second-order valence-electron chi connectivity index (χ2n) is 13.7. The highest BCUT2D eigenvalue weighted by molar-refractivity contribution is 6.31. The first-order valence-corrected chi connectivity index (χ1v) is 17.2. The Morgan fingerprint density at radius 3 is 2.65 bits per heavy atom. The number of ether oxygens (including phenoxy) is 1. The van der Waals surface area contributed by atoms with Crippen molar-refractivity contribution in [1.82, 2.24) is 19.8 Å². The summed E-state index contributed by atoms with van der Waals surface area (Å²) in [6.45, 7) is 3.72. The Morgan fingerprint density at radius 1 is 1.08 bits per heavy atom. The van der Waals surface area contributed by atoms with Crippen LogP contribution in [0.4, 0.5) is 10.1 Å². The number of aromatic nitrogens is 2. The Bertz CT molecular complexity index is 1930. The van der Waals surface area contributed by atoms with E-state index in [0.717, 1.165) is 30.6 Å². The first-order chi connectivity index (χ1) is 23.1. The van der Waals surface area contributed by atoms with Crippen molar-refractivity contribution in [1.29, 1.82) is 0 Å². The largest absolute Gasteiger partial charge is 0.388 e. The van der Waals surface area contributed by atoms with Crippen molar-refractivity contribution in [3.05, 3.63) is 93.5 Å². The number of halogens is 3. The molecule has 2 saturated heterocycles. The molecular weight excluding hydrogens is 656 g/mol. The third kappa shape index (κ3) is 5.29. The van der Waals surface area contributed by atoms with Crippen molar-refractivity contribution in [2.45, 2.75) is 68.3 Å². The lowest BCUT2D eigenvalue weighted by Crippen LogP contribution is -2.56. The topological polar surface area (TPSA) is 109 Å². The first-order valence-electron chi connectivity index (χ1n) is 16.5. The number of hydrogen-bond donors (Lipinski definition) is 3. The minimum absolute atomic E-state index is 0.0000370. The average Bonchev–Trinajstić information content (AvgIpc) is 3.60. The monoisotopic (exact) mass is 691 g/mol. The molecule has 2 unspecified atom stereocenters. The number of nitrogens with one attached hydrogen (secondary N) is 2. The molecule has 1 saturated carbocycles. The maximum absolute atomic E-state index is 16.2. The van der Waals surface area contributed by atoms with Gasteiger partial charge in [0.05, 0.1) is 41.4 Å². The second kappa shape index (κ2) is 12.1. The molecule has 9 nitrogen and oxygen atoms in total. The van der Waals surface area contributed by atoms with Crippen molar-refractivity contribution < 1.29 is 23.8 Å². The third-order valence-corrected chi connectivity index (χ3v) is 11.3. The van der Waals surface area contributed by atoms with Gasteiger partial charge in [0.15, 0.2) is 0 Å². The molecule has 8 rings (SSSR count). The normalized spacial score (nSPS) is 28.3. The van der Waals surface area contributed by atoms with Crippen molar-refractivity contribution in [3.63, 3.8) is 0 Å². The number of benzene rings is 3. The molecule has 12 heteroatoms. The fourth-order valence-electron chi connectivity index (χ4n) is 8.17. The molecule has 4 aromatic rings. The summed E-state index contributed by atoms with van der Waals surface area (Å²) in [4.78, 5) is 35.3. The second-order valence-corrected chi connectivity index (χ2v) is 14.6. The van der Waals surface area contributed by atoms with Gasteiger partial charge in [0.2, 0.25) is 5.91 Å². The molecule has 0 bridgehead atoms. The van der Waals surface area contributed by atoms with Gasteiger partial charge in [-0.1, -0.05) is 41.4 Å². The molecule has 6 atom stereocenters. The van der Waals surface area contributed by atoms with Crippen molar-refractivity contribution in [3.8, 4) is 0 Å². The van der Waals surface area contributed by atoms with E-state index in [-0.39, 0.29) is 42.0 Å². The van der Waals surface area contributed by atoms with Crippen LogP contribution in [0.3, 0.4) is 0 Å². The number of fused-ring (bicyclic) bond motifs is 5. The summed E-state index contributed by atoms with van der Waals surface area (Å²) in [6.07, 6.45) is 2.15. The molecule has 3 N–H and O–H groups in total. The summed E-state index contributed by atoms with van der Waals surface area (Å²) >= 11 is 12.7. The van der Waals surface area contributed by atoms with Gasteiger partial charge in [0.25, 0.3) is 5.91 Å². The molecular formula is C36H36Cl2FN5O4. The number of nitrogens with zero attached hydrogens (tertiary/aromatic N) is 3. The molecule has 0 radical (unpaired) electrons. The van der Waals surface area contributed by atoms with Crippen LogP contribution in [-0.2, 0) is 16.1 Å². The fourth-order valence-corrected chi connectivity index (χ4v) is 8.55. The zero-order valence-electron chi connectivity index (χ0n) is 26.3. The third-order valence-electron chi connectivity index (χ3n) is 10.7. The summed E-state index contributed by atoms with van der Waals surface area (Å²) in [5.74, 6) is -0.888. The van der Waals surface area contributed by atoms with Crippen molar-refractivity contribution in [2.24, 2.45) is 5.92 Å². The highest BCUT2D eigenvalue weighted by Crippen LogP contribution is 2.58. The van der Waals surface area contributed by atoms with Crippen LogP contribution in [0.15, 0.2) is 60.7 Å². The van der Waals surface area contributed by atoms with E-state index in [4.69, 9.17) is 32.9 Å². The number of imidazole rings is 1. The number of rotatable bonds is 7. The SMILES string of the molecule is C[C@]1(C(=O)Nc2cccc(Cl)c2)[C@@H](c2cccc(Cl)c2F)[C@@H]2c3nc4cc(C(=O)NC5COCC5O)ccc4n3CC[C@@H]2N1CC1CC1. The minimum Gasteiger partial charge on any atom is -0.388 e. The number of hydrogen-bond acceptors (Lipinski definition) is 6. The zero-order chi connectivity index (χ0) is 33.3. The summed E-state index contributed by atoms with van der Waals surface area (Å²) in [7, 11) is 0. The van der Waals surface area contributed by atoms with E-state index in [1.807, 2.05) is 13.0 Å². The lowest BCUT2D eigenvalue weighted by atomic mass is 9.73. The van der Waals surface area contributed by atoms with Gasteiger partial charge in [-0.3, -0.25) is 14.5 Å².